The third-order valence-electron chi connectivity index (χ3n) is 2.58. The van der Waals surface area contributed by atoms with Crippen LogP contribution in [0.1, 0.15) is 21.7 Å². The first-order chi connectivity index (χ1) is 9.56. The minimum Gasteiger partial charge on any atom is -0.478 e. The monoisotopic (exact) mass is 272 g/mol. The zero-order chi connectivity index (χ0) is 14.5. The summed E-state index contributed by atoms with van der Waals surface area (Å²) >= 11 is 0. The lowest BCUT2D eigenvalue weighted by atomic mass is 10.2. The van der Waals surface area contributed by atoms with Crippen LogP contribution >= 0.6 is 0 Å². The second kappa shape index (κ2) is 5.83. The molecule has 2 aromatic rings. The number of hydrogen-bond donors (Lipinski definition) is 2. The quantitative estimate of drug-likeness (QED) is 0.833. The van der Waals surface area contributed by atoms with E-state index >= 15 is 0 Å². The summed E-state index contributed by atoms with van der Waals surface area (Å²) in [5.41, 5.74) is 1.70. The Morgan fingerprint density at radius 1 is 1.30 bits per heavy atom. The zero-order valence-corrected chi connectivity index (χ0v) is 10.7. The third kappa shape index (κ3) is 3.32. The van der Waals surface area contributed by atoms with Gasteiger partial charge in [-0.05, 0) is 30.7 Å². The molecule has 102 valence electrons. The number of aromatic nitrogens is 1. The van der Waals surface area contributed by atoms with Gasteiger partial charge in [-0.3, -0.25) is 4.79 Å². The molecule has 0 saturated carbocycles. The van der Waals surface area contributed by atoms with Gasteiger partial charge in [0.05, 0.1) is 6.20 Å². The topological polar surface area (TPSA) is 92.4 Å². The molecule has 6 nitrogen and oxygen atoms in total. The normalized spacial score (nSPS) is 10.7. The molecule has 0 unspecified atom stereocenters. The third-order valence-corrected chi connectivity index (χ3v) is 2.58. The van der Waals surface area contributed by atoms with Crippen molar-refractivity contribution in [3.63, 3.8) is 0 Å². The molecule has 0 aliphatic heterocycles. The van der Waals surface area contributed by atoms with Crippen LogP contribution in [-0.2, 0) is 4.79 Å². The Labute approximate surface area is 114 Å². The Morgan fingerprint density at radius 3 is 2.55 bits per heavy atom. The van der Waals surface area contributed by atoms with Gasteiger partial charge in [0, 0.05) is 11.8 Å². The Bertz CT molecular complexity index is 656. The van der Waals surface area contributed by atoms with Crippen molar-refractivity contribution in [1.82, 2.24) is 5.16 Å². The number of carboxylic acids is 1. The van der Waals surface area contributed by atoms with Crippen LogP contribution in [0.25, 0.3) is 6.08 Å². The second-order valence-corrected chi connectivity index (χ2v) is 4.04. The smallest absolute Gasteiger partial charge is 0.328 e. The van der Waals surface area contributed by atoms with Gasteiger partial charge in [-0.25, -0.2) is 4.79 Å². The fourth-order valence-electron chi connectivity index (χ4n) is 1.56. The minimum absolute atomic E-state index is 0.308. The van der Waals surface area contributed by atoms with Crippen LogP contribution < -0.4 is 5.32 Å². The molecule has 0 fully saturated rings. The maximum Gasteiger partial charge on any atom is 0.328 e. The highest BCUT2D eigenvalue weighted by atomic mass is 16.5. The Morgan fingerprint density at radius 2 is 2.00 bits per heavy atom. The highest BCUT2D eigenvalue weighted by Gasteiger charge is 2.12. The predicted octanol–water partition coefficient (Wildman–Crippen LogP) is 2.33. The SMILES string of the molecule is Cc1oncc1C(=O)Nc1ccc(/C=C/C(=O)O)cc1. The molecule has 0 atom stereocenters. The van der Waals surface area contributed by atoms with Crippen LogP contribution in [0.4, 0.5) is 5.69 Å². The van der Waals surface area contributed by atoms with Crippen LogP contribution in [0.15, 0.2) is 41.1 Å². The molecule has 1 heterocycles. The molecular formula is C14H12N2O4. The van der Waals surface area contributed by atoms with Gasteiger partial charge in [0.25, 0.3) is 5.91 Å². The van der Waals surface area contributed by atoms with Crippen molar-refractivity contribution in [3.8, 4) is 0 Å². The van der Waals surface area contributed by atoms with Gasteiger partial charge in [0.2, 0.25) is 0 Å². The van der Waals surface area contributed by atoms with Crippen molar-refractivity contribution in [2.24, 2.45) is 0 Å². The highest BCUT2D eigenvalue weighted by molar-refractivity contribution is 6.04. The molecule has 1 amide bonds. The van der Waals surface area contributed by atoms with Crippen molar-refractivity contribution in [2.45, 2.75) is 6.92 Å². The first-order valence-corrected chi connectivity index (χ1v) is 5.80. The number of carbonyl (C=O) groups is 2. The lowest BCUT2D eigenvalue weighted by molar-refractivity contribution is -0.131. The molecule has 2 N–H and O–H groups in total. The van der Waals surface area contributed by atoms with Crippen LogP contribution in [0, 0.1) is 6.92 Å². The predicted molar refractivity (Wildman–Crippen MR) is 72.3 cm³/mol. The number of nitrogens with zero attached hydrogens (tertiary/aromatic N) is 1. The van der Waals surface area contributed by atoms with Crippen molar-refractivity contribution in [3.05, 3.63) is 53.4 Å². The first-order valence-electron chi connectivity index (χ1n) is 5.80. The lowest BCUT2D eigenvalue weighted by Crippen LogP contribution is -2.11. The Kier molecular flexibility index (Phi) is 3.95. The summed E-state index contributed by atoms with van der Waals surface area (Å²) in [6.07, 6.45) is 3.88. The van der Waals surface area contributed by atoms with Gasteiger partial charge in [-0.1, -0.05) is 17.3 Å². The number of rotatable bonds is 4. The van der Waals surface area contributed by atoms with E-state index in [2.05, 4.69) is 10.5 Å². The van der Waals surface area contributed by atoms with E-state index in [-0.39, 0.29) is 5.91 Å². The minimum atomic E-state index is -1.01. The molecule has 0 aliphatic carbocycles. The van der Waals surface area contributed by atoms with Crippen molar-refractivity contribution < 1.29 is 19.2 Å². The maximum absolute atomic E-state index is 11.9. The van der Waals surface area contributed by atoms with Crippen molar-refractivity contribution in [1.29, 1.82) is 0 Å². The largest absolute Gasteiger partial charge is 0.478 e. The number of aryl methyl sites for hydroxylation is 1. The van der Waals surface area contributed by atoms with Gasteiger partial charge in [0.1, 0.15) is 11.3 Å². The molecule has 0 bridgehead atoms. The van der Waals surface area contributed by atoms with Crippen LogP contribution in [0.2, 0.25) is 0 Å². The molecule has 0 saturated heterocycles. The number of benzene rings is 1. The number of carboxylic acid groups (broad SMARTS) is 1. The summed E-state index contributed by atoms with van der Waals surface area (Å²) in [6, 6.07) is 6.77. The van der Waals surface area contributed by atoms with Crippen LogP contribution in [0.3, 0.4) is 0 Å². The van der Waals surface area contributed by atoms with Crippen molar-refractivity contribution in [2.75, 3.05) is 5.32 Å². The number of aliphatic carboxylic acids is 1. The van der Waals surface area contributed by atoms with Gasteiger partial charge in [-0.2, -0.15) is 0 Å². The summed E-state index contributed by atoms with van der Waals surface area (Å²) < 4.78 is 4.82. The van der Waals surface area contributed by atoms with E-state index < -0.39 is 5.97 Å². The number of anilines is 1. The van der Waals surface area contributed by atoms with E-state index in [1.54, 1.807) is 31.2 Å². The average Bonchev–Trinajstić information content (AvgIpc) is 2.84. The van der Waals surface area contributed by atoms with E-state index in [0.717, 1.165) is 11.6 Å². The number of amides is 1. The molecule has 20 heavy (non-hydrogen) atoms. The van der Waals surface area contributed by atoms with Crippen molar-refractivity contribution >= 4 is 23.6 Å². The molecule has 0 aliphatic rings. The number of nitrogens with one attached hydrogen (secondary N) is 1. The maximum atomic E-state index is 11.9. The molecule has 1 aromatic heterocycles. The molecule has 6 heteroatoms. The van der Waals surface area contributed by atoms with E-state index in [0.29, 0.717) is 17.0 Å². The van der Waals surface area contributed by atoms with Gasteiger partial charge < -0.3 is 14.9 Å². The Hall–Kier alpha value is -2.89. The summed E-state index contributed by atoms with van der Waals surface area (Å²) in [5.74, 6) is -0.869. The first kappa shape index (κ1) is 13.5. The van der Waals surface area contributed by atoms with E-state index in [9.17, 15) is 9.59 Å². The van der Waals surface area contributed by atoms with Crippen LogP contribution in [0.5, 0.6) is 0 Å². The molecule has 0 radical (unpaired) electrons. The van der Waals surface area contributed by atoms with E-state index in [4.69, 9.17) is 9.63 Å². The molecule has 2 rings (SSSR count). The fourth-order valence-corrected chi connectivity index (χ4v) is 1.56. The lowest BCUT2D eigenvalue weighted by Gasteiger charge is -2.04. The molecule has 1 aromatic carbocycles. The highest BCUT2D eigenvalue weighted by Crippen LogP contribution is 2.13. The average molecular weight is 272 g/mol. The van der Waals surface area contributed by atoms with Gasteiger partial charge in [-0.15, -0.1) is 0 Å². The standard InChI is InChI=1S/C14H12N2O4/c1-9-12(8-15-20-9)14(19)16-11-5-2-10(3-6-11)4-7-13(17)18/h2-8H,1H3,(H,16,19)(H,17,18)/b7-4+. The number of carbonyl (C=O) groups excluding carboxylic acids is 1. The zero-order valence-electron chi connectivity index (χ0n) is 10.7. The van der Waals surface area contributed by atoms with E-state index in [1.807, 2.05) is 0 Å². The van der Waals surface area contributed by atoms with Gasteiger partial charge >= 0.3 is 5.97 Å². The van der Waals surface area contributed by atoms with Gasteiger partial charge in [0.15, 0.2) is 0 Å². The summed E-state index contributed by atoms with van der Waals surface area (Å²) in [6.45, 7) is 1.65. The van der Waals surface area contributed by atoms with E-state index in [1.165, 1.54) is 12.3 Å². The fraction of sp³-hybridized carbons (Fsp3) is 0.0714. The number of hydrogen-bond acceptors (Lipinski definition) is 4. The Balaban J connectivity index is 2.06. The summed E-state index contributed by atoms with van der Waals surface area (Å²) in [4.78, 5) is 22.3. The summed E-state index contributed by atoms with van der Waals surface area (Å²) in [7, 11) is 0. The molecule has 0 spiro atoms. The second-order valence-electron chi connectivity index (χ2n) is 4.04. The van der Waals surface area contributed by atoms with Crippen LogP contribution in [-0.4, -0.2) is 22.1 Å². The molecular weight excluding hydrogens is 260 g/mol. The summed E-state index contributed by atoms with van der Waals surface area (Å²) in [5, 5.41) is 14.8.